The highest BCUT2D eigenvalue weighted by Crippen LogP contribution is 2.31. The molecule has 0 radical (unpaired) electrons. The van der Waals surface area contributed by atoms with Crippen LogP contribution in [0.2, 0.25) is 0 Å². The number of imidazole rings is 1. The van der Waals surface area contributed by atoms with Crippen LogP contribution in [0.5, 0.6) is 0 Å². The summed E-state index contributed by atoms with van der Waals surface area (Å²) in [7, 11) is 0. The summed E-state index contributed by atoms with van der Waals surface area (Å²) in [4.78, 5) is 9.18. The SMILES string of the molecule is Cc1cc(CC#N)ccc1-n1cnc2cnc3ccc(-c4ccsc4)cc3c21. The van der Waals surface area contributed by atoms with Crippen molar-refractivity contribution in [3.8, 4) is 22.9 Å². The second-order valence-corrected chi connectivity index (χ2v) is 7.59. The highest BCUT2D eigenvalue weighted by Gasteiger charge is 2.13. The number of rotatable bonds is 3. The molecule has 28 heavy (non-hydrogen) atoms. The lowest BCUT2D eigenvalue weighted by atomic mass is 10.0. The van der Waals surface area contributed by atoms with Crippen molar-refractivity contribution in [2.75, 3.05) is 0 Å². The lowest BCUT2D eigenvalue weighted by Crippen LogP contribution is -1.97. The lowest BCUT2D eigenvalue weighted by Gasteiger charge is -2.11. The highest BCUT2D eigenvalue weighted by atomic mass is 32.1. The van der Waals surface area contributed by atoms with E-state index in [0.29, 0.717) is 6.42 Å². The Labute approximate surface area is 166 Å². The van der Waals surface area contributed by atoms with Crippen molar-refractivity contribution in [2.24, 2.45) is 0 Å². The van der Waals surface area contributed by atoms with Crippen molar-refractivity contribution < 1.29 is 0 Å². The fraction of sp³-hybridized carbons (Fsp3) is 0.0870. The topological polar surface area (TPSA) is 54.5 Å². The molecule has 4 nitrogen and oxygen atoms in total. The number of nitriles is 1. The minimum Gasteiger partial charge on any atom is -0.298 e. The Kier molecular flexibility index (Phi) is 3.92. The van der Waals surface area contributed by atoms with E-state index in [9.17, 15) is 0 Å². The Morgan fingerprint density at radius 2 is 1.96 bits per heavy atom. The standard InChI is InChI=1S/C23H16N4S/c1-15-10-16(6-8-24)2-5-22(15)27-14-26-21-12-25-20-4-3-17(11-19(20)23(21)27)18-7-9-28-13-18/h2-5,7,9-14H,6H2,1H3. The van der Waals surface area contributed by atoms with Gasteiger partial charge in [-0.1, -0.05) is 18.2 Å². The van der Waals surface area contributed by atoms with Gasteiger partial charge in [-0.15, -0.1) is 0 Å². The van der Waals surface area contributed by atoms with Gasteiger partial charge in [-0.25, -0.2) is 4.98 Å². The maximum absolute atomic E-state index is 8.96. The fourth-order valence-electron chi connectivity index (χ4n) is 3.67. The molecule has 0 saturated heterocycles. The van der Waals surface area contributed by atoms with Crippen molar-refractivity contribution in [2.45, 2.75) is 13.3 Å². The average Bonchev–Trinajstić information content (AvgIpc) is 3.38. The first-order valence-corrected chi connectivity index (χ1v) is 9.94. The molecule has 0 aliphatic carbocycles. The molecule has 5 aromatic rings. The first-order chi connectivity index (χ1) is 13.7. The molecule has 3 heterocycles. The summed E-state index contributed by atoms with van der Waals surface area (Å²) in [5.74, 6) is 0. The van der Waals surface area contributed by atoms with Gasteiger partial charge in [-0.05, 0) is 64.2 Å². The quantitative estimate of drug-likeness (QED) is 0.405. The number of benzene rings is 2. The maximum atomic E-state index is 8.96. The fourth-order valence-corrected chi connectivity index (χ4v) is 4.34. The number of fused-ring (bicyclic) bond motifs is 3. The summed E-state index contributed by atoms with van der Waals surface area (Å²) < 4.78 is 2.13. The number of pyridine rings is 1. The van der Waals surface area contributed by atoms with Crippen LogP contribution in [0.3, 0.4) is 0 Å². The average molecular weight is 380 g/mol. The second kappa shape index (κ2) is 6.59. The lowest BCUT2D eigenvalue weighted by molar-refractivity contribution is 1.07. The summed E-state index contributed by atoms with van der Waals surface area (Å²) in [6, 6.07) is 16.9. The number of thiophene rings is 1. The molecule has 2 aromatic carbocycles. The summed E-state index contributed by atoms with van der Waals surface area (Å²) in [5, 5.41) is 14.3. The molecule has 0 spiro atoms. The largest absolute Gasteiger partial charge is 0.298 e. The monoisotopic (exact) mass is 380 g/mol. The number of aromatic nitrogens is 3. The van der Waals surface area contributed by atoms with E-state index in [4.69, 9.17) is 5.26 Å². The molecule has 5 heteroatoms. The van der Waals surface area contributed by atoms with Crippen LogP contribution in [0.25, 0.3) is 38.8 Å². The third-order valence-electron chi connectivity index (χ3n) is 5.03. The van der Waals surface area contributed by atoms with Gasteiger partial charge in [0, 0.05) is 5.39 Å². The zero-order valence-corrected chi connectivity index (χ0v) is 16.1. The predicted molar refractivity (Wildman–Crippen MR) is 114 cm³/mol. The zero-order chi connectivity index (χ0) is 19.1. The molecule has 3 aromatic heterocycles. The van der Waals surface area contributed by atoms with Crippen LogP contribution < -0.4 is 0 Å². The van der Waals surface area contributed by atoms with Crippen molar-refractivity contribution in [1.29, 1.82) is 5.26 Å². The molecule has 0 N–H and O–H groups in total. The van der Waals surface area contributed by atoms with Crippen LogP contribution in [0.15, 0.2) is 65.7 Å². The molecule has 0 aliphatic rings. The number of hydrogen-bond acceptors (Lipinski definition) is 4. The van der Waals surface area contributed by atoms with E-state index in [0.717, 1.165) is 38.8 Å². The molecular weight excluding hydrogens is 364 g/mol. The summed E-state index contributed by atoms with van der Waals surface area (Å²) in [6.45, 7) is 2.07. The van der Waals surface area contributed by atoms with Crippen LogP contribution in [0.4, 0.5) is 0 Å². The Bertz CT molecular complexity index is 1360. The van der Waals surface area contributed by atoms with Crippen molar-refractivity contribution in [1.82, 2.24) is 14.5 Å². The van der Waals surface area contributed by atoms with Gasteiger partial charge >= 0.3 is 0 Å². The highest BCUT2D eigenvalue weighted by molar-refractivity contribution is 7.08. The molecule has 0 saturated carbocycles. The smallest absolute Gasteiger partial charge is 0.108 e. The van der Waals surface area contributed by atoms with Crippen LogP contribution in [0, 0.1) is 18.3 Å². The molecule has 0 bridgehead atoms. The Hall–Kier alpha value is -3.49. The molecule has 5 rings (SSSR count). The molecular formula is C23H16N4S. The number of hydrogen-bond donors (Lipinski definition) is 0. The number of aryl methyl sites for hydroxylation is 1. The van der Waals surface area contributed by atoms with Crippen molar-refractivity contribution in [3.05, 3.63) is 76.9 Å². The summed E-state index contributed by atoms with van der Waals surface area (Å²) in [5.41, 5.74) is 8.48. The first kappa shape index (κ1) is 16.7. The zero-order valence-electron chi connectivity index (χ0n) is 15.3. The van der Waals surface area contributed by atoms with Gasteiger partial charge in [0.2, 0.25) is 0 Å². The normalized spacial score (nSPS) is 11.1. The summed E-state index contributed by atoms with van der Waals surface area (Å²) >= 11 is 1.70. The van der Waals surface area contributed by atoms with Gasteiger partial charge in [-0.3, -0.25) is 9.55 Å². The van der Waals surface area contributed by atoms with E-state index in [1.54, 1.807) is 11.3 Å². The van der Waals surface area contributed by atoms with E-state index in [1.807, 2.05) is 18.6 Å². The number of nitrogens with zero attached hydrogens (tertiary/aromatic N) is 4. The van der Waals surface area contributed by atoms with Gasteiger partial charge in [0.25, 0.3) is 0 Å². The molecule has 134 valence electrons. The third-order valence-corrected chi connectivity index (χ3v) is 5.72. The van der Waals surface area contributed by atoms with Gasteiger partial charge in [0.05, 0.1) is 35.4 Å². The Balaban J connectivity index is 1.76. The Morgan fingerprint density at radius 1 is 1.04 bits per heavy atom. The third kappa shape index (κ3) is 2.67. The maximum Gasteiger partial charge on any atom is 0.108 e. The molecule has 0 atom stereocenters. The van der Waals surface area contributed by atoms with E-state index in [2.05, 4.69) is 74.7 Å². The van der Waals surface area contributed by atoms with Crippen molar-refractivity contribution in [3.63, 3.8) is 0 Å². The first-order valence-electron chi connectivity index (χ1n) is 9.00. The Morgan fingerprint density at radius 3 is 2.75 bits per heavy atom. The van der Waals surface area contributed by atoms with Gasteiger partial charge in [-0.2, -0.15) is 16.6 Å². The van der Waals surface area contributed by atoms with Crippen molar-refractivity contribution >= 4 is 33.3 Å². The minimum absolute atomic E-state index is 0.419. The van der Waals surface area contributed by atoms with E-state index in [-0.39, 0.29) is 0 Å². The van der Waals surface area contributed by atoms with Crippen LogP contribution in [-0.4, -0.2) is 14.5 Å². The second-order valence-electron chi connectivity index (χ2n) is 6.81. The molecule has 0 unspecified atom stereocenters. The van der Waals surface area contributed by atoms with E-state index >= 15 is 0 Å². The van der Waals surface area contributed by atoms with Crippen LogP contribution >= 0.6 is 11.3 Å². The molecule has 0 amide bonds. The molecule has 0 aliphatic heterocycles. The van der Waals surface area contributed by atoms with Gasteiger partial charge in [0.15, 0.2) is 0 Å². The van der Waals surface area contributed by atoms with E-state index in [1.165, 1.54) is 11.1 Å². The molecule has 0 fully saturated rings. The van der Waals surface area contributed by atoms with Gasteiger partial charge in [0.1, 0.15) is 11.8 Å². The summed E-state index contributed by atoms with van der Waals surface area (Å²) in [6.07, 6.45) is 4.11. The van der Waals surface area contributed by atoms with Crippen LogP contribution in [0.1, 0.15) is 11.1 Å². The van der Waals surface area contributed by atoms with E-state index < -0.39 is 0 Å². The van der Waals surface area contributed by atoms with Gasteiger partial charge < -0.3 is 0 Å². The predicted octanol–water partition coefficient (Wildman–Crippen LogP) is 5.68. The van der Waals surface area contributed by atoms with Crippen LogP contribution in [-0.2, 0) is 6.42 Å². The minimum atomic E-state index is 0.419.